The van der Waals surface area contributed by atoms with Crippen molar-refractivity contribution in [3.63, 3.8) is 0 Å². The summed E-state index contributed by atoms with van der Waals surface area (Å²) >= 11 is 0. The van der Waals surface area contributed by atoms with Crippen LogP contribution in [0.4, 0.5) is 0 Å². The summed E-state index contributed by atoms with van der Waals surface area (Å²) in [6.07, 6.45) is 1.60. The first-order chi connectivity index (χ1) is 8.56. The van der Waals surface area contributed by atoms with Gasteiger partial charge in [0.1, 0.15) is 11.8 Å². The number of pyridine rings is 1. The van der Waals surface area contributed by atoms with Crippen molar-refractivity contribution in [2.45, 2.75) is 26.4 Å². The fourth-order valence-electron chi connectivity index (χ4n) is 1.52. The van der Waals surface area contributed by atoms with Gasteiger partial charge in [0.25, 0.3) is 0 Å². The lowest BCUT2D eigenvalue weighted by atomic mass is 10.2. The summed E-state index contributed by atoms with van der Waals surface area (Å²) in [6, 6.07) is 5.78. The molecule has 0 aliphatic heterocycles. The molecule has 1 rings (SSSR count). The Morgan fingerprint density at radius 1 is 1.61 bits per heavy atom. The summed E-state index contributed by atoms with van der Waals surface area (Å²) in [5.41, 5.74) is 1.34. The van der Waals surface area contributed by atoms with Gasteiger partial charge in [-0.15, -0.1) is 0 Å². The second-order valence-electron chi connectivity index (χ2n) is 4.24. The molecule has 1 aromatic heterocycles. The molecule has 0 saturated heterocycles. The largest absolute Gasteiger partial charge is 0.468 e. The van der Waals surface area contributed by atoms with E-state index in [9.17, 15) is 4.79 Å². The van der Waals surface area contributed by atoms with Crippen LogP contribution in [0.1, 0.15) is 25.1 Å². The monoisotopic (exact) mass is 247 g/mol. The lowest BCUT2D eigenvalue weighted by molar-refractivity contribution is -0.142. The standard InChI is InChI=1S/C13H17N3O2/c1-10(2)16(9-13(17)18-3)8-11-4-5-15-12(6-11)7-14/h4-6,10H,8-9H2,1-3H3. The van der Waals surface area contributed by atoms with Crippen LogP contribution >= 0.6 is 0 Å². The lowest BCUT2D eigenvalue weighted by Gasteiger charge is -2.25. The van der Waals surface area contributed by atoms with E-state index in [0.717, 1.165) is 5.56 Å². The SMILES string of the molecule is COC(=O)CN(Cc1ccnc(C#N)c1)C(C)C. The molecule has 0 spiro atoms. The molecule has 0 bridgehead atoms. The lowest BCUT2D eigenvalue weighted by Crippen LogP contribution is -2.35. The molecule has 0 aromatic carbocycles. The molecule has 0 N–H and O–H groups in total. The van der Waals surface area contributed by atoms with Crippen molar-refractivity contribution < 1.29 is 9.53 Å². The number of esters is 1. The molecule has 0 amide bonds. The Morgan fingerprint density at radius 3 is 2.89 bits per heavy atom. The minimum atomic E-state index is -0.265. The molecule has 5 heteroatoms. The van der Waals surface area contributed by atoms with Gasteiger partial charge in [0.2, 0.25) is 0 Å². The quantitative estimate of drug-likeness (QED) is 0.734. The molecule has 1 aromatic rings. The summed E-state index contributed by atoms with van der Waals surface area (Å²) < 4.78 is 4.67. The summed E-state index contributed by atoms with van der Waals surface area (Å²) in [6.45, 7) is 4.84. The number of rotatable bonds is 5. The van der Waals surface area contributed by atoms with E-state index in [-0.39, 0.29) is 18.6 Å². The number of nitriles is 1. The van der Waals surface area contributed by atoms with E-state index in [1.807, 2.05) is 30.9 Å². The average molecular weight is 247 g/mol. The van der Waals surface area contributed by atoms with Gasteiger partial charge >= 0.3 is 5.97 Å². The van der Waals surface area contributed by atoms with E-state index < -0.39 is 0 Å². The predicted octanol–water partition coefficient (Wildman–Crippen LogP) is 1.34. The number of ether oxygens (including phenoxy) is 1. The molecule has 0 aliphatic rings. The molecule has 0 fully saturated rings. The van der Waals surface area contributed by atoms with Crippen LogP contribution in [0, 0.1) is 11.3 Å². The van der Waals surface area contributed by atoms with Crippen molar-refractivity contribution >= 4 is 5.97 Å². The first-order valence-electron chi connectivity index (χ1n) is 5.72. The van der Waals surface area contributed by atoms with Crippen LogP contribution in [-0.4, -0.2) is 35.5 Å². The Bertz CT molecular complexity index is 452. The summed E-state index contributed by atoms with van der Waals surface area (Å²) in [5.74, 6) is -0.265. The minimum absolute atomic E-state index is 0.211. The van der Waals surface area contributed by atoms with Gasteiger partial charge in [-0.1, -0.05) is 0 Å². The van der Waals surface area contributed by atoms with Gasteiger partial charge in [0.15, 0.2) is 0 Å². The number of nitrogens with zero attached hydrogens (tertiary/aromatic N) is 3. The van der Waals surface area contributed by atoms with Crippen LogP contribution in [0.3, 0.4) is 0 Å². The molecule has 0 saturated carbocycles. The van der Waals surface area contributed by atoms with E-state index >= 15 is 0 Å². The highest BCUT2D eigenvalue weighted by Gasteiger charge is 2.15. The Morgan fingerprint density at radius 2 is 2.33 bits per heavy atom. The first-order valence-corrected chi connectivity index (χ1v) is 5.72. The van der Waals surface area contributed by atoms with Crippen molar-refractivity contribution in [1.82, 2.24) is 9.88 Å². The molecule has 0 unspecified atom stereocenters. The summed E-state index contributed by atoms with van der Waals surface area (Å²) in [4.78, 5) is 17.2. The zero-order chi connectivity index (χ0) is 13.5. The first kappa shape index (κ1) is 14.1. The highest BCUT2D eigenvalue weighted by atomic mass is 16.5. The van der Waals surface area contributed by atoms with Crippen LogP contribution in [0.5, 0.6) is 0 Å². The Balaban J connectivity index is 2.77. The van der Waals surface area contributed by atoms with Crippen LogP contribution in [0.2, 0.25) is 0 Å². The maximum Gasteiger partial charge on any atom is 0.319 e. The molecule has 5 nitrogen and oxygen atoms in total. The highest BCUT2D eigenvalue weighted by Crippen LogP contribution is 2.09. The van der Waals surface area contributed by atoms with Crippen LogP contribution < -0.4 is 0 Å². The summed E-state index contributed by atoms with van der Waals surface area (Å²) in [5, 5.41) is 8.79. The van der Waals surface area contributed by atoms with Crippen molar-refractivity contribution in [3.8, 4) is 6.07 Å². The summed E-state index contributed by atoms with van der Waals surface area (Å²) in [7, 11) is 1.38. The van der Waals surface area contributed by atoms with Gasteiger partial charge in [-0.3, -0.25) is 9.69 Å². The van der Waals surface area contributed by atoms with E-state index in [1.54, 1.807) is 12.3 Å². The predicted molar refractivity (Wildman–Crippen MR) is 66.5 cm³/mol. The second kappa shape index (κ2) is 6.72. The van der Waals surface area contributed by atoms with Crippen molar-refractivity contribution in [1.29, 1.82) is 5.26 Å². The maximum absolute atomic E-state index is 11.3. The van der Waals surface area contributed by atoms with Crippen LogP contribution in [-0.2, 0) is 16.1 Å². The normalized spacial score (nSPS) is 10.4. The minimum Gasteiger partial charge on any atom is -0.468 e. The Hall–Kier alpha value is -1.93. The number of hydrogen-bond acceptors (Lipinski definition) is 5. The third-order valence-electron chi connectivity index (χ3n) is 2.61. The molecule has 0 atom stereocenters. The molecular weight excluding hydrogens is 230 g/mol. The third-order valence-corrected chi connectivity index (χ3v) is 2.61. The van der Waals surface area contributed by atoms with E-state index in [1.165, 1.54) is 7.11 Å². The van der Waals surface area contributed by atoms with Gasteiger partial charge < -0.3 is 4.74 Å². The second-order valence-corrected chi connectivity index (χ2v) is 4.24. The smallest absolute Gasteiger partial charge is 0.319 e. The van der Waals surface area contributed by atoms with Crippen LogP contribution in [0.25, 0.3) is 0 Å². The topological polar surface area (TPSA) is 66.2 Å². The fraction of sp³-hybridized carbons (Fsp3) is 0.462. The average Bonchev–Trinajstić information content (AvgIpc) is 2.37. The zero-order valence-electron chi connectivity index (χ0n) is 10.9. The molecule has 0 radical (unpaired) electrons. The number of carbonyl (C=O) groups excluding carboxylic acids is 1. The number of methoxy groups -OCH3 is 1. The fourth-order valence-corrected chi connectivity index (χ4v) is 1.52. The van der Waals surface area contributed by atoms with E-state index in [2.05, 4.69) is 9.72 Å². The number of aromatic nitrogens is 1. The third kappa shape index (κ3) is 4.15. The highest BCUT2D eigenvalue weighted by molar-refractivity contribution is 5.71. The zero-order valence-corrected chi connectivity index (χ0v) is 10.9. The Labute approximate surface area is 107 Å². The van der Waals surface area contributed by atoms with Gasteiger partial charge in [0.05, 0.1) is 13.7 Å². The molecular formula is C13H17N3O2. The Kier molecular flexibility index (Phi) is 5.28. The molecule has 1 heterocycles. The number of carbonyl (C=O) groups is 1. The van der Waals surface area contributed by atoms with E-state index in [0.29, 0.717) is 12.2 Å². The van der Waals surface area contributed by atoms with Gasteiger partial charge in [0, 0.05) is 18.8 Å². The molecule has 0 aliphatic carbocycles. The van der Waals surface area contributed by atoms with Gasteiger partial charge in [-0.05, 0) is 31.5 Å². The van der Waals surface area contributed by atoms with Crippen molar-refractivity contribution in [2.24, 2.45) is 0 Å². The van der Waals surface area contributed by atoms with E-state index in [4.69, 9.17) is 5.26 Å². The maximum atomic E-state index is 11.3. The van der Waals surface area contributed by atoms with Crippen molar-refractivity contribution in [2.75, 3.05) is 13.7 Å². The molecule has 96 valence electrons. The van der Waals surface area contributed by atoms with Crippen LogP contribution in [0.15, 0.2) is 18.3 Å². The van der Waals surface area contributed by atoms with Gasteiger partial charge in [-0.25, -0.2) is 4.98 Å². The van der Waals surface area contributed by atoms with Crippen molar-refractivity contribution in [3.05, 3.63) is 29.6 Å². The number of hydrogen-bond donors (Lipinski definition) is 0. The molecule has 18 heavy (non-hydrogen) atoms. The van der Waals surface area contributed by atoms with Gasteiger partial charge in [-0.2, -0.15) is 5.26 Å².